The first-order valence-corrected chi connectivity index (χ1v) is 20.0. The fourth-order valence-corrected chi connectivity index (χ4v) is 9.54. The molecule has 3 amide bonds. The zero-order valence-electron chi connectivity index (χ0n) is 32.3. The average Bonchev–Trinajstić information content (AvgIpc) is 4.08. The van der Waals surface area contributed by atoms with E-state index in [0.717, 1.165) is 77.2 Å². The van der Waals surface area contributed by atoms with Crippen LogP contribution in [0.2, 0.25) is 0 Å². The molecule has 0 radical (unpaired) electrons. The van der Waals surface area contributed by atoms with Gasteiger partial charge >= 0.3 is 6.09 Å². The maximum Gasteiger partial charge on any atom is 0.407 e. The van der Waals surface area contributed by atoms with Crippen LogP contribution in [0.5, 0.6) is 0 Å². The Morgan fingerprint density at radius 1 is 0.929 bits per heavy atom. The first-order valence-electron chi connectivity index (χ1n) is 20.0. The van der Waals surface area contributed by atoms with Crippen molar-refractivity contribution in [1.82, 2.24) is 25.5 Å². The second-order valence-corrected chi connectivity index (χ2v) is 16.1. The summed E-state index contributed by atoms with van der Waals surface area (Å²) in [5.74, 6) is 1.73. The minimum Gasteiger partial charge on any atom is -0.453 e. The van der Waals surface area contributed by atoms with E-state index in [9.17, 15) is 14.4 Å². The second kappa shape index (κ2) is 15.8. The number of anilines is 1. The number of amides is 3. The number of likely N-dealkylation sites (tertiary alicyclic amines) is 1. The zero-order chi connectivity index (χ0) is 38.9. The number of carbonyl (C=O) groups excluding carboxylic acids is 3. The van der Waals surface area contributed by atoms with Crippen molar-refractivity contribution in [2.24, 2.45) is 34.6 Å². The monoisotopic (exact) mass is 753 g/mol. The number of rotatable bonds is 11. The molecule has 4 aliphatic rings. The van der Waals surface area contributed by atoms with Crippen molar-refractivity contribution in [3.63, 3.8) is 0 Å². The van der Waals surface area contributed by atoms with Crippen molar-refractivity contribution < 1.29 is 19.1 Å². The van der Waals surface area contributed by atoms with Crippen LogP contribution in [0.4, 0.5) is 10.5 Å². The van der Waals surface area contributed by atoms with Gasteiger partial charge in [-0.25, -0.2) is 9.78 Å². The number of allylic oxidation sites excluding steroid dienone is 1. The number of alkyl carbamates (subject to hydrolysis) is 1. The lowest BCUT2D eigenvalue weighted by molar-refractivity contribution is -0.135. The largest absolute Gasteiger partial charge is 0.453 e. The number of hydrogen-bond acceptors (Lipinski definition) is 7. The van der Waals surface area contributed by atoms with Crippen molar-refractivity contribution in [2.75, 3.05) is 19.4 Å². The van der Waals surface area contributed by atoms with E-state index in [1.807, 2.05) is 55.4 Å². The minimum atomic E-state index is -0.675. The van der Waals surface area contributed by atoms with Crippen molar-refractivity contribution in [3.8, 4) is 22.4 Å². The van der Waals surface area contributed by atoms with Gasteiger partial charge in [0.15, 0.2) is 0 Å². The molecule has 1 saturated heterocycles. The predicted octanol–water partition coefficient (Wildman–Crippen LogP) is 7.53. The summed E-state index contributed by atoms with van der Waals surface area (Å²) < 4.78 is 4.77. The number of imidazole rings is 1. The number of nitrogens with zero attached hydrogens (tertiary/aromatic N) is 3. The Labute approximate surface area is 328 Å². The van der Waals surface area contributed by atoms with Crippen LogP contribution in [0, 0.1) is 29.6 Å². The first-order chi connectivity index (χ1) is 27.2. The SMILES string of the molecule is COC(=O)N[C@H](C(=O)N1CCC[C@H]1c1ncc(-c2ccc(-c3ccc(C4=CN=C(C5C6CCC(C6)[C@@H]5C(=O)NCc5ccccc5N)C4)cc3)cc2)[nH]1)C(C)C. The Morgan fingerprint density at radius 2 is 1.62 bits per heavy atom. The van der Waals surface area contributed by atoms with Crippen molar-refractivity contribution >= 4 is 34.9 Å². The highest BCUT2D eigenvalue weighted by molar-refractivity contribution is 6.02. The number of nitrogens with one attached hydrogen (secondary N) is 3. The van der Waals surface area contributed by atoms with Gasteiger partial charge in [0.05, 0.1) is 25.0 Å². The molecule has 2 aliphatic heterocycles. The molecule has 5 N–H and O–H groups in total. The van der Waals surface area contributed by atoms with Crippen LogP contribution in [0.1, 0.15) is 75.4 Å². The molecule has 56 heavy (non-hydrogen) atoms. The zero-order valence-corrected chi connectivity index (χ0v) is 32.3. The van der Waals surface area contributed by atoms with Crippen LogP contribution >= 0.6 is 0 Å². The molecule has 4 aromatic rings. The molecule has 8 rings (SSSR count). The van der Waals surface area contributed by atoms with Crippen LogP contribution < -0.4 is 16.4 Å². The van der Waals surface area contributed by atoms with Crippen molar-refractivity contribution in [2.45, 2.75) is 71.0 Å². The van der Waals surface area contributed by atoms with Gasteiger partial charge in [-0.05, 0) is 89.3 Å². The molecule has 2 bridgehead atoms. The topological polar surface area (TPSA) is 155 Å². The summed E-state index contributed by atoms with van der Waals surface area (Å²) in [5, 5.41) is 5.91. The maximum atomic E-state index is 13.6. The van der Waals surface area contributed by atoms with Gasteiger partial charge in [0.25, 0.3) is 0 Å². The van der Waals surface area contributed by atoms with E-state index >= 15 is 0 Å². The van der Waals surface area contributed by atoms with Crippen LogP contribution in [-0.4, -0.2) is 58.2 Å². The molecule has 3 heterocycles. The standard InChI is InChI=1S/C45H51N7O4/c1-26(2)41(51-45(55)56-3)44(54)52-20-6-9-38(52)42-48-25-37(50-42)30-16-14-28(15-17-30)27-10-12-29(13-11-27)34-22-36(47-24-34)39-31-18-19-32(21-31)40(39)43(53)49-23-33-7-4-5-8-35(33)46/h4-5,7-8,10-17,24-26,31-32,38-41H,6,9,18-23,46H2,1-3H3,(H,48,50)(H,49,53)(H,51,55)/t31?,32?,38-,39?,40-,41-/m0/s1. The summed E-state index contributed by atoms with van der Waals surface area (Å²) in [6.45, 7) is 4.88. The van der Waals surface area contributed by atoms with E-state index in [4.69, 9.17) is 20.4 Å². The molecule has 3 aromatic carbocycles. The number of aliphatic imine (C=N–C) groups is 1. The highest BCUT2D eigenvalue weighted by Crippen LogP contribution is 2.54. The van der Waals surface area contributed by atoms with Gasteiger partial charge in [0.2, 0.25) is 11.8 Å². The predicted molar refractivity (Wildman–Crippen MR) is 218 cm³/mol. The van der Waals surface area contributed by atoms with Gasteiger partial charge < -0.3 is 31.0 Å². The molecule has 6 atom stereocenters. The average molecular weight is 754 g/mol. The number of hydrogen-bond donors (Lipinski definition) is 4. The molecule has 2 saturated carbocycles. The third-order valence-corrected chi connectivity index (χ3v) is 12.5. The highest BCUT2D eigenvalue weighted by atomic mass is 16.5. The number of ether oxygens (including phenoxy) is 1. The van der Waals surface area contributed by atoms with E-state index in [0.29, 0.717) is 30.6 Å². The third-order valence-electron chi connectivity index (χ3n) is 12.5. The Morgan fingerprint density at radius 3 is 2.34 bits per heavy atom. The van der Waals surface area contributed by atoms with Gasteiger partial charge in [0, 0.05) is 48.9 Å². The van der Waals surface area contributed by atoms with Gasteiger partial charge in [-0.1, -0.05) is 80.6 Å². The maximum absolute atomic E-state index is 13.6. The molecule has 3 fully saturated rings. The molecule has 11 nitrogen and oxygen atoms in total. The summed E-state index contributed by atoms with van der Waals surface area (Å²) in [7, 11) is 1.30. The summed E-state index contributed by atoms with van der Waals surface area (Å²) in [6, 6.07) is 23.9. The van der Waals surface area contributed by atoms with Gasteiger partial charge in [0.1, 0.15) is 11.9 Å². The van der Waals surface area contributed by atoms with Gasteiger partial charge in [-0.2, -0.15) is 0 Å². The molecule has 3 unspecified atom stereocenters. The smallest absolute Gasteiger partial charge is 0.407 e. The van der Waals surface area contributed by atoms with Crippen LogP contribution in [0.15, 0.2) is 90.2 Å². The first kappa shape index (κ1) is 37.2. The quantitative estimate of drug-likeness (QED) is 0.116. The summed E-state index contributed by atoms with van der Waals surface area (Å²) in [4.78, 5) is 54.1. The summed E-state index contributed by atoms with van der Waals surface area (Å²) in [6.07, 6.45) is 9.05. The van der Waals surface area contributed by atoms with E-state index < -0.39 is 12.1 Å². The fraction of sp³-hybridized carbons (Fsp3) is 0.400. The number of H-pyrrole nitrogens is 1. The van der Waals surface area contributed by atoms with Gasteiger partial charge in [-0.3, -0.25) is 14.6 Å². The Balaban J connectivity index is 0.888. The molecule has 11 heteroatoms. The molecular formula is C45H51N7O4. The van der Waals surface area contributed by atoms with E-state index in [1.165, 1.54) is 19.1 Å². The van der Waals surface area contributed by atoms with Crippen LogP contribution in [0.3, 0.4) is 0 Å². The van der Waals surface area contributed by atoms with Crippen LogP contribution in [0.25, 0.3) is 28.0 Å². The lowest BCUT2D eigenvalue weighted by atomic mass is 9.75. The number of aromatic nitrogens is 2. The van der Waals surface area contributed by atoms with E-state index in [2.05, 4.69) is 64.1 Å². The summed E-state index contributed by atoms with van der Waals surface area (Å²) >= 11 is 0. The lowest BCUT2D eigenvalue weighted by Crippen LogP contribution is -2.51. The summed E-state index contributed by atoms with van der Waals surface area (Å²) in [5.41, 5.74) is 15.4. The number of carbonyl (C=O) groups is 3. The molecular weight excluding hydrogens is 703 g/mol. The number of nitrogens with two attached hydrogens (primary N) is 1. The van der Waals surface area contributed by atoms with Crippen LogP contribution in [-0.2, 0) is 20.9 Å². The molecule has 2 aliphatic carbocycles. The number of fused-ring (bicyclic) bond motifs is 2. The normalized spacial score (nSPS) is 23.2. The molecule has 290 valence electrons. The number of benzene rings is 3. The molecule has 0 spiro atoms. The molecule has 1 aromatic heterocycles. The van der Waals surface area contributed by atoms with Crippen molar-refractivity contribution in [1.29, 1.82) is 0 Å². The lowest BCUT2D eigenvalue weighted by Gasteiger charge is -2.30. The van der Waals surface area contributed by atoms with E-state index in [1.54, 1.807) is 0 Å². The number of para-hydroxylation sites is 1. The Bertz CT molecular complexity index is 2150. The van der Waals surface area contributed by atoms with Gasteiger partial charge in [-0.15, -0.1) is 0 Å². The number of methoxy groups -OCH3 is 1. The fourth-order valence-electron chi connectivity index (χ4n) is 9.54. The highest BCUT2D eigenvalue weighted by Gasteiger charge is 2.52. The Hall–Kier alpha value is -5.71. The number of aromatic amines is 1. The number of nitrogen functional groups attached to an aromatic ring is 1. The second-order valence-electron chi connectivity index (χ2n) is 16.1. The van der Waals surface area contributed by atoms with Crippen molar-refractivity contribution in [3.05, 3.63) is 102 Å². The third kappa shape index (κ3) is 7.34. The minimum absolute atomic E-state index is 0.0372. The Kier molecular flexibility index (Phi) is 10.5. The van der Waals surface area contributed by atoms with E-state index in [-0.39, 0.29) is 35.6 Å².